The van der Waals surface area contributed by atoms with E-state index in [1.165, 1.54) is 42.7 Å². The Bertz CT molecular complexity index is 538. The molecule has 3 rings (SSSR count). The van der Waals surface area contributed by atoms with Crippen LogP contribution in [0.25, 0.3) is 0 Å². The molecule has 112 valence electrons. The summed E-state index contributed by atoms with van der Waals surface area (Å²) in [5.41, 5.74) is 2.78. The molecule has 0 aromatic carbocycles. The smallest absolute Gasteiger partial charge is 0.0470 e. The summed E-state index contributed by atoms with van der Waals surface area (Å²) in [6, 6.07) is 9.06. The van der Waals surface area contributed by atoms with Crippen LogP contribution >= 0.6 is 11.3 Å². The molecule has 1 aliphatic rings. The minimum absolute atomic E-state index is 0.404. The molecule has 1 aliphatic carbocycles. The lowest BCUT2D eigenvalue weighted by Gasteiger charge is -2.16. The zero-order valence-corrected chi connectivity index (χ0v) is 13.6. The van der Waals surface area contributed by atoms with E-state index in [0.29, 0.717) is 6.04 Å². The second kappa shape index (κ2) is 7.19. The van der Waals surface area contributed by atoms with Crippen molar-refractivity contribution in [3.05, 3.63) is 51.5 Å². The molecule has 0 aliphatic heterocycles. The van der Waals surface area contributed by atoms with E-state index in [4.69, 9.17) is 0 Å². The van der Waals surface area contributed by atoms with Crippen molar-refractivity contribution in [1.29, 1.82) is 0 Å². The fourth-order valence-electron chi connectivity index (χ4n) is 3.11. The predicted molar refractivity (Wildman–Crippen MR) is 89.9 cm³/mol. The Morgan fingerprint density at radius 3 is 2.95 bits per heavy atom. The molecule has 2 heterocycles. The van der Waals surface area contributed by atoms with Crippen LogP contribution in [-0.2, 0) is 19.3 Å². The van der Waals surface area contributed by atoms with Crippen LogP contribution in [0.3, 0.4) is 0 Å². The Labute approximate surface area is 131 Å². The van der Waals surface area contributed by atoms with Gasteiger partial charge < -0.3 is 5.32 Å². The maximum atomic E-state index is 4.49. The zero-order chi connectivity index (χ0) is 14.5. The van der Waals surface area contributed by atoms with Gasteiger partial charge in [-0.05, 0) is 56.0 Å². The molecule has 0 radical (unpaired) electrons. The first-order valence-electron chi connectivity index (χ1n) is 8.11. The van der Waals surface area contributed by atoms with E-state index in [1.807, 2.05) is 23.6 Å². The molecule has 0 saturated heterocycles. The first-order valence-corrected chi connectivity index (χ1v) is 8.93. The van der Waals surface area contributed by atoms with E-state index in [1.54, 1.807) is 10.4 Å². The lowest BCUT2D eigenvalue weighted by molar-refractivity contribution is 0.552. The summed E-state index contributed by atoms with van der Waals surface area (Å²) in [6.07, 6.45) is 9.53. The van der Waals surface area contributed by atoms with Crippen LogP contribution in [0.5, 0.6) is 0 Å². The summed E-state index contributed by atoms with van der Waals surface area (Å²) in [5.74, 6) is 0. The summed E-state index contributed by atoms with van der Waals surface area (Å²) in [6.45, 7) is 3.18. The van der Waals surface area contributed by atoms with E-state index >= 15 is 0 Å². The van der Waals surface area contributed by atoms with Crippen molar-refractivity contribution < 1.29 is 0 Å². The third kappa shape index (κ3) is 3.72. The Morgan fingerprint density at radius 1 is 1.24 bits per heavy atom. The number of fused-ring (bicyclic) bond motifs is 1. The number of nitrogens with zero attached hydrogens (tertiary/aromatic N) is 1. The van der Waals surface area contributed by atoms with Crippen LogP contribution < -0.4 is 5.32 Å². The van der Waals surface area contributed by atoms with Gasteiger partial charge >= 0.3 is 0 Å². The first-order chi connectivity index (χ1) is 10.4. The van der Waals surface area contributed by atoms with Crippen molar-refractivity contribution in [2.75, 3.05) is 6.54 Å². The summed E-state index contributed by atoms with van der Waals surface area (Å²) in [4.78, 5) is 7.61. The number of hydrogen-bond donors (Lipinski definition) is 1. The van der Waals surface area contributed by atoms with Gasteiger partial charge in [0.1, 0.15) is 0 Å². The number of aromatic nitrogens is 1. The molecule has 0 bridgehead atoms. The molecule has 2 aromatic rings. The van der Waals surface area contributed by atoms with Crippen LogP contribution in [0, 0.1) is 0 Å². The summed E-state index contributed by atoms with van der Waals surface area (Å²) in [7, 11) is 0. The lowest BCUT2D eigenvalue weighted by atomic mass is 10.1. The van der Waals surface area contributed by atoms with Crippen molar-refractivity contribution in [3.8, 4) is 0 Å². The third-order valence-electron chi connectivity index (χ3n) is 4.20. The maximum Gasteiger partial charge on any atom is 0.0470 e. The van der Waals surface area contributed by atoms with E-state index < -0.39 is 0 Å². The highest BCUT2D eigenvalue weighted by molar-refractivity contribution is 7.12. The summed E-state index contributed by atoms with van der Waals surface area (Å²) >= 11 is 2.03. The third-order valence-corrected chi connectivity index (χ3v) is 5.55. The molecule has 0 spiro atoms. The number of nitrogens with one attached hydrogen (secondary N) is 1. The highest BCUT2D eigenvalue weighted by Gasteiger charge is 2.18. The van der Waals surface area contributed by atoms with Crippen LogP contribution in [-0.4, -0.2) is 11.5 Å². The van der Waals surface area contributed by atoms with Gasteiger partial charge in [-0.25, -0.2) is 0 Å². The normalized spacial score (nSPS) is 16.2. The fourth-order valence-corrected chi connectivity index (χ4v) is 4.44. The Morgan fingerprint density at radius 2 is 2.14 bits per heavy atom. The largest absolute Gasteiger partial charge is 0.309 e. The molecule has 0 amide bonds. The number of thiophene rings is 1. The van der Waals surface area contributed by atoms with Gasteiger partial charge in [0, 0.05) is 34.1 Å². The number of rotatable bonds is 5. The van der Waals surface area contributed by atoms with Gasteiger partial charge in [0.15, 0.2) is 0 Å². The number of hydrogen-bond acceptors (Lipinski definition) is 3. The number of likely N-dealkylation sites (N-methyl/N-ethyl adjacent to an activating group) is 1. The predicted octanol–water partition coefficient (Wildman–Crippen LogP) is 4.31. The lowest BCUT2D eigenvalue weighted by Crippen LogP contribution is -2.22. The highest BCUT2D eigenvalue weighted by Crippen LogP contribution is 2.33. The Kier molecular flexibility index (Phi) is 5.04. The summed E-state index contributed by atoms with van der Waals surface area (Å²) in [5, 5.41) is 3.64. The highest BCUT2D eigenvalue weighted by atomic mass is 32.1. The van der Waals surface area contributed by atoms with Crippen molar-refractivity contribution >= 4 is 11.3 Å². The first kappa shape index (κ1) is 14.7. The molecule has 1 unspecified atom stereocenters. The van der Waals surface area contributed by atoms with E-state index in [2.05, 4.69) is 35.4 Å². The molecule has 0 saturated carbocycles. The van der Waals surface area contributed by atoms with Gasteiger partial charge in [0.25, 0.3) is 0 Å². The SMILES string of the molecule is CCNC(Cc1ccccn1)c1cc2c(s1)CCCCC2. The average Bonchev–Trinajstić information content (AvgIpc) is 2.79. The molecule has 1 atom stereocenters. The van der Waals surface area contributed by atoms with Gasteiger partial charge in [0.2, 0.25) is 0 Å². The van der Waals surface area contributed by atoms with Gasteiger partial charge in [-0.15, -0.1) is 11.3 Å². The molecule has 21 heavy (non-hydrogen) atoms. The van der Waals surface area contributed by atoms with Crippen molar-refractivity contribution in [2.24, 2.45) is 0 Å². The minimum atomic E-state index is 0.404. The Balaban J connectivity index is 1.80. The molecule has 3 heteroatoms. The summed E-state index contributed by atoms with van der Waals surface area (Å²) < 4.78 is 0. The van der Waals surface area contributed by atoms with Crippen LogP contribution in [0.1, 0.15) is 53.2 Å². The van der Waals surface area contributed by atoms with E-state index in [-0.39, 0.29) is 0 Å². The van der Waals surface area contributed by atoms with Crippen LogP contribution in [0.4, 0.5) is 0 Å². The van der Waals surface area contributed by atoms with Crippen molar-refractivity contribution in [3.63, 3.8) is 0 Å². The number of aryl methyl sites for hydroxylation is 2. The average molecular weight is 300 g/mol. The molecular weight excluding hydrogens is 276 g/mol. The standard InChI is InChI=1S/C18H24N2S/c1-2-19-16(13-15-9-6-7-11-20-15)18-12-14-8-4-3-5-10-17(14)21-18/h6-7,9,11-12,16,19H,2-5,8,10,13H2,1H3. The molecule has 2 nitrogen and oxygen atoms in total. The quantitative estimate of drug-likeness (QED) is 0.833. The molecule has 1 N–H and O–H groups in total. The topological polar surface area (TPSA) is 24.9 Å². The molecular formula is C18H24N2S. The van der Waals surface area contributed by atoms with Gasteiger partial charge in [-0.2, -0.15) is 0 Å². The monoisotopic (exact) mass is 300 g/mol. The van der Waals surface area contributed by atoms with E-state index in [9.17, 15) is 0 Å². The van der Waals surface area contributed by atoms with Crippen LogP contribution in [0.15, 0.2) is 30.5 Å². The second-order valence-corrected chi connectivity index (χ2v) is 6.96. The number of pyridine rings is 1. The van der Waals surface area contributed by atoms with Crippen molar-refractivity contribution in [1.82, 2.24) is 10.3 Å². The van der Waals surface area contributed by atoms with Gasteiger partial charge in [0.05, 0.1) is 0 Å². The van der Waals surface area contributed by atoms with Gasteiger partial charge in [-0.3, -0.25) is 4.98 Å². The maximum absolute atomic E-state index is 4.49. The fraction of sp³-hybridized carbons (Fsp3) is 0.500. The molecule has 0 fully saturated rings. The Hall–Kier alpha value is -1.19. The zero-order valence-electron chi connectivity index (χ0n) is 12.8. The second-order valence-electron chi connectivity index (χ2n) is 5.79. The van der Waals surface area contributed by atoms with Gasteiger partial charge in [-0.1, -0.05) is 19.4 Å². The van der Waals surface area contributed by atoms with Crippen LogP contribution in [0.2, 0.25) is 0 Å². The van der Waals surface area contributed by atoms with Crippen molar-refractivity contribution in [2.45, 2.75) is 51.5 Å². The van der Waals surface area contributed by atoms with E-state index in [0.717, 1.165) is 13.0 Å². The molecule has 2 aromatic heterocycles. The minimum Gasteiger partial charge on any atom is -0.309 e.